The summed E-state index contributed by atoms with van der Waals surface area (Å²) in [5, 5.41) is -0.314. The number of rotatable bonds is 3. The van der Waals surface area contributed by atoms with Crippen LogP contribution in [0.15, 0.2) is 17.2 Å². The number of nitrogens with zero attached hydrogens (tertiary/aromatic N) is 4. The van der Waals surface area contributed by atoms with E-state index in [9.17, 15) is 14.4 Å². The molecular weight excluding hydrogens is 332 g/mol. The number of anilines is 1. The van der Waals surface area contributed by atoms with Crippen molar-refractivity contribution >= 4 is 40.9 Å². The van der Waals surface area contributed by atoms with Crippen LogP contribution in [0.25, 0.3) is 6.08 Å². The van der Waals surface area contributed by atoms with Gasteiger partial charge in [0, 0.05) is 19.8 Å². The van der Waals surface area contributed by atoms with Crippen LogP contribution >= 0.6 is 11.8 Å². The van der Waals surface area contributed by atoms with Crippen molar-refractivity contribution in [3.63, 3.8) is 0 Å². The van der Waals surface area contributed by atoms with Crippen LogP contribution in [0, 0.1) is 0 Å². The molecule has 0 N–H and O–H groups in total. The second-order valence-corrected chi connectivity index (χ2v) is 6.39. The maximum absolute atomic E-state index is 11.9. The Hall–Kier alpha value is -2.42. The Morgan fingerprint density at radius 3 is 2.92 bits per heavy atom. The van der Waals surface area contributed by atoms with E-state index >= 15 is 0 Å². The predicted molar refractivity (Wildman–Crippen MR) is 88.2 cm³/mol. The molecule has 126 valence electrons. The number of aromatic nitrogens is 2. The number of esters is 1. The van der Waals surface area contributed by atoms with Gasteiger partial charge >= 0.3 is 5.97 Å². The molecule has 2 amide bonds. The Morgan fingerprint density at radius 1 is 1.46 bits per heavy atom. The van der Waals surface area contributed by atoms with E-state index in [1.807, 2.05) is 0 Å². The molecule has 1 atom stereocenters. The van der Waals surface area contributed by atoms with Crippen molar-refractivity contribution in [2.24, 2.45) is 0 Å². The molecule has 2 saturated heterocycles. The van der Waals surface area contributed by atoms with E-state index in [1.165, 1.54) is 14.2 Å². The van der Waals surface area contributed by atoms with E-state index in [2.05, 4.69) is 9.97 Å². The highest BCUT2D eigenvalue weighted by Gasteiger charge is 2.34. The van der Waals surface area contributed by atoms with Crippen molar-refractivity contribution < 1.29 is 19.1 Å². The molecule has 9 heteroatoms. The van der Waals surface area contributed by atoms with Gasteiger partial charge in [-0.2, -0.15) is 0 Å². The molecule has 24 heavy (non-hydrogen) atoms. The van der Waals surface area contributed by atoms with Gasteiger partial charge in [0.15, 0.2) is 0 Å². The molecule has 0 radical (unpaired) electrons. The van der Waals surface area contributed by atoms with Gasteiger partial charge in [0.05, 0.1) is 17.7 Å². The third kappa shape index (κ3) is 2.99. The van der Waals surface area contributed by atoms with Crippen molar-refractivity contribution in [2.45, 2.75) is 18.9 Å². The number of thioether (sulfide) groups is 1. The normalized spacial score (nSPS) is 22.6. The first-order valence-electron chi connectivity index (χ1n) is 7.40. The summed E-state index contributed by atoms with van der Waals surface area (Å²) in [6, 6.07) is 1.25. The van der Waals surface area contributed by atoms with Gasteiger partial charge in [-0.05, 0) is 36.7 Å². The summed E-state index contributed by atoms with van der Waals surface area (Å²) < 4.78 is 4.82. The number of imide groups is 1. The molecule has 0 bridgehead atoms. The summed E-state index contributed by atoms with van der Waals surface area (Å²) in [5.74, 6) is -0.250. The number of amides is 2. The molecule has 0 aromatic carbocycles. The minimum absolute atomic E-state index is 0.311. The summed E-state index contributed by atoms with van der Waals surface area (Å²) in [6.45, 7) is 0.661. The van der Waals surface area contributed by atoms with Crippen molar-refractivity contribution in [2.75, 3.05) is 25.6 Å². The van der Waals surface area contributed by atoms with E-state index in [-0.39, 0.29) is 17.1 Å². The molecule has 2 aliphatic rings. The fourth-order valence-electron chi connectivity index (χ4n) is 2.65. The molecule has 2 fully saturated rings. The Morgan fingerprint density at radius 2 is 2.25 bits per heavy atom. The van der Waals surface area contributed by atoms with Crippen molar-refractivity contribution in [1.29, 1.82) is 0 Å². The number of methoxy groups -OCH3 is 1. The maximum Gasteiger partial charge on any atom is 0.328 e. The number of hydrogen-bond acceptors (Lipinski definition) is 8. The zero-order chi connectivity index (χ0) is 17.3. The lowest BCUT2D eigenvalue weighted by atomic mass is 10.2. The van der Waals surface area contributed by atoms with Crippen molar-refractivity contribution in [3.05, 3.63) is 22.9 Å². The summed E-state index contributed by atoms with van der Waals surface area (Å²) in [5.41, 5.74) is 0.509. The first kappa shape index (κ1) is 16.4. The van der Waals surface area contributed by atoms with E-state index in [0.29, 0.717) is 29.5 Å². The smallest absolute Gasteiger partial charge is 0.328 e. The fraction of sp³-hybridized carbons (Fsp3) is 0.400. The van der Waals surface area contributed by atoms with Crippen molar-refractivity contribution in [1.82, 2.24) is 14.9 Å². The monoisotopic (exact) mass is 348 g/mol. The van der Waals surface area contributed by atoms with Crippen LogP contribution in [0.2, 0.25) is 0 Å². The highest BCUT2D eigenvalue weighted by atomic mass is 32.2. The lowest BCUT2D eigenvalue weighted by Gasteiger charge is -2.22. The molecule has 3 heterocycles. The van der Waals surface area contributed by atoms with E-state index in [1.54, 1.807) is 23.2 Å². The fourth-order valence-corrected chi connectivity index (χ4v) is 3.46. The summed E-state index contributed by atoms with van der Waals surface area (Å²) >= 11 is 0.874. The number of carbonyl (C=O) groups is 3. The Bertz CT molecular complexity index is 736. The third-order valence-corrected chi connectivity index (χ3v) is 4.87. The first-order chi connectivity index (χ1) is 11.5. The van der Waals surface area contributed by atoms with Gasteiger partial charge in [0.1, 0.15) is 6.04 Å². The average Bonchev–Trinajstić information content (AvgIpc) is 3.16. The Kier molecular flexibility index (Phi) is 4.52. The molecule has 0 spiro atoms. The van der Waals surface area contributed by atoms with Gasteiger partial charge in [-0.15, -0.1) is 0 Å². The average molecular weight is 348 g/mol. The predicted octanol–water partition coefficient (Wildman–Crippen LogP) is 1.28. The van der Waals surface area contributed by atoms with Crippen LogP contribution in [-0.4, -0.2) is 58.7 Å². The second kappa shape index (κ2) is 6.60. The highest BCUT2D eigenvalue weighted by molar-refractivity contribution is 8.18. The molecular formula is C15H16N4O4S. The van der Waals surface area contributed by atoms with Crippen LogP contribution in [0.5, 0.6) is 0 Å². The molecule has 1 aromatic rings. The third-order valence-electron chi connectivity index (χ3n) is 3.91. The van der Waals surface area contributed by atoms with Crippen LogP contribution in [0.4, 0.5) is 10.7 Å². The van der Waals surface area contributed by atoms with Gasteiger partial charge in [-0.1, -0.05) is 0 Å². The molecule has 1 unspecified atom stereocenters. The largest absolute Gasteiger partial charge is 0.467 e. The molecule has 0 saturated carbocycles. The van der Waals surface area contributed by atoms with Gasteiger partial charge in [0.25, 0.3) is 11.1 Å². The summed E-state index contributed by atoms with van der Waals surface area (Å²) in [4.78, 5) is 47.1. The Balaban J connectivity index is 1.86. The second-order valence-electron chi connectivity index (χ2n) is 5.40. The molecule has 8 nitrogen and oxygen atoms in total. The number of likely N-dealkylation sites (N-methyl/N-ethyl adjacent to an activating group) is 1. The number of carbonyl (C=O) groups excluding carboxylic acids is 3. The maximum atomic E-state index is 11.9. The van der Waals surface area contributed by atoms with Crippen LogP contribution in [0.1, 0.15) is 18.5 Å². The van der Waals surface area contributed by atoms with Crippen LogP contribution in [0.3, 0.4) is 0 Å². The molecule has 2 aliphatic heterocycles. The molecule has 1 aromatic heterocycles. The van der Waals surface area contributed by atoms with Crippen LogP contribution < -0.4 is 4.90 Å². The lowest BCUT2D eigenvalue weighted by Crippen LogP contribution is -2.38. The molecule has 0 aliphatic carbocycles. The quantitative estimate of drug-likeness (QED) is 0.596. The van der Waals surface area contributed by atoms with Gasteiger partial charge in [-0.25, -0.2) is 14.8 Å². The van der Waals surface area contributed by atoms with E-state index < -0.39 is 6.04 Å². The highest BCUT2D eigenvalue weighted by Crippen LogP contribution is 2.31. The Labute approximate surface area is 142 Å². The van der Waals surface area contributed by atoms with Crippen molar-refractivity contribution in [3.8, 4) is 0 Å². The van der Waals surface area contributed by atoms with E-state index in [4.69, 9.17) is 4.74 Å². The standard InChI is InChI=1S/C15H16N4O4S/c1-18-12(20)11(24-15(18)22)8-9-5-6-16-14(17-9)19-7-3-4-10(19)13(21)23-2/h5-6,8,10H,3-4,7H2,1-2H3/b11-8-. The van der Waals surface area contributed by atoms with Gasteiger partial charge < -0.3 is 9.64 Å². The zero-order valence-corrected chi connectivity index (χ0v) is 14.1. The van der Waals surface area contributed by atoms with Gasteiger partial charge in [-0.3, -0.25) is 14.5 Å². The number of ether oxygens (including phenoxy) is 1. The van der Waals surface area contributed by atoms with Crippen LogP contribution in [-0.2, 0) is 14.3 Å². The minimum atomic E-state index is -0.395. The zero-order valence-electron chi connectivity index (χ0n) is 13.3. The van der Waals surface area contributed by atoms with E-state index in [0.717, 1.165) is 23.1 Å². The topological polar surface area (TPSA) is 92.7 Å². The number of hydrogen-bond donors (Lipinski definition) is 0. The lowest BCUT2D eigenvalue weighted by molar-refractivity contribution is -0.142. The SMILES string of the molecule is COC(=O)C1CCCN1c1nccc(/C=C2\SC(=O)N(C)C2=O)n1. The van der Waals surface area contributed by atoms with Gasteiger partial charge in [0.2, 0.25) is 5.95 Å². The summed E-state index contributed by atoms with van der Waals surface area (Å²) in [6.07, 6.45) is 4.66. The molecule has 3 rings (SSSR count). The first-order valence-corrected chi connectivity index (χ1v) is 8.22. The summed E-state index contributed by atoms with van der Waals surface area (Å²) in [7, 11) is 2.80. The minimum Gasteiger partial charge on any atom is -0.467 e.